The monoisotopic (exact) mass is 230 g/mol. The van der Waals surface area contributed by atoms with Gasteiger partial charge in [-0.3, -0.25) is 0 Å². The molecule has 1 fully saturated rings. The fourth-order valence-electron chi connectivity index (χ4n) is 2.00. The SMILES string of the molecule is CC(C)NCC(O)C1CCN(C(=O)O)CC1. The predicted molar refractivity (Wildman–Crippen MR) is 61.5 cm³/mol. The summed E-state index contributed by atoms with van der Waals surface area (Å²) in [5.74, 6) is 0.224. The summed E-state index contributed by atoms with van der Waals surface area (Å²) in [5.41, 5.74) is 0. The van der Waals surface area contributed by atoms with E-state index in [1.54, 1.807) is 0 Å². The number of nitrogens with one attached hydrogen (secondary N) is 1. The number of nitrogens with zero attached hydrogens (tertiary/aromatic N) is 1. The Morgan fingerprint density at radius 2 is 2.00 bits per heavy atom. The molecule has 0 aromatic heterocycles. The number of piperidine rings is 1. The van der Waals surface area contributed by atoms with E-state index in [0.717, 1.165) is 12.8 Å². The number of carboxylic acid groups (broad SMARTS) is 1. The van der Waals surface area contributed by atoms with E-state index < -0.39 is 6.09 Å². The number of aliphatic hydroxyl groups is 1. The van der Waals surface area contributed by atoms with Crippen LogP contribution in [0.4, 0.5) is 4.79 Å². The Morgan fingerprint density at radius 3 is 2.44 bits per heavy atom. The van der Waals surface area contributed by atoms with Crippen molar-refractivity contribution in [3.05, 3.63) is 0 Å². The highest BCUT2D eigenvalue weighted by Crippen LogP contribution is 2.20. The molecular weight excluding hydrogens is 208 g/mol. The summed E-state index contributed by atoms with van der Waals surface area (Å²) in [5, 5.41) is 21.9. The smallest absolute Gasteiger partial charge is 0.407 e. The Bertz CT molecular complexity index is 225. The molecule has 1 unspecified atom stereocenters. The van der Waals surface area contributed by atoms with Crippen molar-refractivity contribution in [1.82, 2.24) is 10.2 Å². The summed E-state index contributed by atoms with van der Waals surface area (Å²) < 4.78 is 0. The minimum absolute atomic E-state index is 0.224. The predicted octanol–water partition coefficient (Wildman–Crippen LogP) is 0.735. The number of carbonyl (C=O) groups is 1. The van der Waals surface area contributed by atoms with Gasteiger partial charge in [0.25, 0.3) is 0 Å². The van der Waals surface area contributed by atoms with Crippen LogP contribution >= 0.6 is 0 Å². The van der Waals surface area contributed by atoms with Gasteiger partial charge in [-0.2, -0.15) is 0 Å². The third-order valence-corrected chi connectivity index (χ3v) is 3.09. The fraction of sp³-hybridized carbons (Fsp3) is 0.909. The summed E-state index contributed by atoms with van der Waals surface area (Å²) in [7, 11) is 0. The van der Waals surface area contributed by atoms with Crippen molar-refractivity contribution in [2.45, 2.75) is 38.8 Å². The van der Waals surface area contributed by atoms with Crippen molar-refractivity contribution in [3.63, 3.8) is 0 Å². The van der Waals surface area contributed by atoms with Gasteiger partial charge in [0.15, 0.2) is 0 Å². The summed E-state index contributed by atoms with van der Waals surface area (Å²) in [6, 6.07) is 0.369. The van der Waals surface area contributed by atoms with Crippen LogP contribution < -0.4 is 5.32 Å². The molecule has 1 amide bonds. The molecular formula is C11H22N2O3. The molecule has 94 valence electrons. The number of hydrogen-bond acceptors (Lipinski definition) is 3. The Labute approximate surface area is 96.4 Å². The molecule has 1 heterocycles. The van der Waals surface area contributed by atoms with Crippen LogP contribution in [0, 0.1) is 5.92 Å². The molecule has 5 nitrogen and oxygen atoms in total. The topological polar surface area (TPSA) is 72.8 Å². The van der Waals surface area contributed by atoms with Crippen molar-refractivity contribution in [1.29, 1.82) is 0 Å². The Balaban J connectivity index is 2.27. The first kappa shape index (κ1) is 13.3. The number of amides is 1. The zero-order valence-electron chi connectivity index (χ0n) is 10.0. The molecule has 0 aromatic carbocycles. The molecule has 0 radical (unpaired) electrons. The molecule has 1 aliphatic heterocycles. The maximum atomic E-state index is 10.7. The third kappa shape index (κ3) is 3.98. The summed E-state index contributed by atoms with van der Waals surface area (Å²) >= 11 is 0. The molecule has 1 atom stereocenters. The van der Waals surface area contributed by atoms with E-state index in [4.69, 9.17) is 5.11 Å². The van der Waals surface area contributed by atoms with Crippen LogP contribution in [0.5, 0.6) is 0 Å². The quantitative estimate of drug-likeness (QED) is 0.666. The number of hydrogen-bond donors (Lipinski definition) is 3. The maximum Gasteiger partial charge on any atom is 0.407 e. The van der Waals surface area contributed by atoms with Crippen molar-refractivity contribution in [2.24, 2.45) is 5.92 Å². The van der Waals surface area contributed by atoms with Gasteiger partial charge in [-0.05, 0) is 18.8 Å². The average molecular weight is 230 g/mol. The highest BCUT2D eigenvalue weighted by Gasteiger charge is 2.26. The van der Waals surface area contributed by atoms with Gasteiger partial charge in [0.1, 0.15) is 0 Å². The van der Waals surface area contributed by atoms with Gasteiger partial charge < -0.3 is 20.4 Å². The highest BCUT2D eigenvalue weighted by atomic mass is 16.4. The molecule has 5 heteroatoms. The fourth-order valence-corrected chi connectivity index (χ4v) is 2.00. The highest BCUT2D eigenvalue weighted by molar-refractivity contribution is 5.64. The second-order valence-corrected chi connectivity index (χ2v) is 4.74. The van der Waals surface area contributed by atoms with E-state index in [2.05, 4.69) is 5.32 Å². The maximum absolute atomic E-state index is 10.7. The lowest BCUT2D eigenvalue weighted by Crippen LogP contribution is -2.43. The first-order valence-corrected chi connectivity index (χ1v) is 5.90. The first-order valence-electron chi connectivity index (χ1n) is 5.90. The van der Waals surface area contributed by atoms with Crippen LogP contribution in [0.2, 0.25) is 0 Å². The third-order valence-electron chi connectivity index (χ3n) is 3.09. The van der Waals surface area contributed by atoms with Gasteiger partial charge in [-0.15, -0.1) is 0 Å². The molecule has 16 heavy (non-hydrogen) atoms. The zero-order valence-corrected chi connectivity index (χ0v) is 10.0. The van der Waals surface area contributed by atoms with Gasteiger partial charge in [0, 0.05) is 25.7 Å². The average Bonchev–Trinajstić information content (AvgIpc) is 2.26. The molecule has 0 bridgehead atoms. The van der Waals surface area contributed by atoms with Gasteiger partial charge in [0.2, 0.25) is 0 Å². The van der Waals surface area contributed by atoms with Crippen LogP contribution in [0.25, 0.3) is 0 Å². The second kappa shape index (κ2) is 6.06. The minimum atomic E-state index is -0.853. The van der Waals surface area contributed by atoms with Crippen LogP contribution in [0.15, 0.2) is 0 Å². The Morgan fingerprint density at radius 1 is 1.44 bits per heavy atom. The molecule has 1 rings (SSSR count). The van der Waals surface area contributed by atoms with E-state index in [1.165, 1.54) is 4.90 Å². The lowest BCUT2D eigenvalue weighted by molar-refractivity contribution is 0.0568. The molecule has 3 N–H and O–H groups in total. The molecule has 1 aliphatic rings. The number of likely N-dealkylation sites (tertiary alicyclic amines) is 1. The van der Waals surface area contributed by atoms with E-state index in [1.807, 2.05) is 13.8 Å². The van der Waals surface area contributed by atoms with Gasteiger partial charge in [0.05, 0.1) is 6.10 Å². The normalized spacial score (nSPS) is 20.1. The Kier molecular flexibility index (Phi) is 5.02. The van der Waals surface area contributed by atoms with Gasteiger partial charge in [-0.1, -0.05) is 13.8 Å². The van der Waals surface area contributed by atoms with E-state index in [-0.39, 0.29) is 12.0 Å². The largest absolute Gasteiger partial charge is 0.465 e. The number of aliphatic hydroxyl groups excluding tert-OH is 1. The standard InChI is InChI=1S/C11H22N2O3/c1-8(2)12-7-10(14)9-3-5-13(6-4-9)11(15)16/h8-10,12,14H,3-7H2,1-2H3,(H,15,16). The van der Waals surface area contributed by atoms with Crippen LogP contribution in [0.3, 0.4) is 0 Å². The van der Waals surface area contributed by atoms with Gasteiger partial charge >= 0.3 is 6.09 Å². The minimum Gasteiger partial charge on any atom is -0.465 e. The zero-order chi connectivity index (χ0) is 12.1. The van der Waals surface area contributed by atoms with Crippen LogP contribution in [0.1, 0.15) is 26.7 Å². The van der Waals surface area contributed by atoms with E-state index in [0.29, 0.717) is 25.7 Å². The van der Waals surface area contributed by atoms with Crippen molar-refractivity contribution >= 4 is 6.09 Å². The first-order chi connectivity index (χ1) is 7.50. The van der Waals surface area contributed by atoms with Crippen LogP contribution in [-0.2, 0) is 0 Å². The molecule has 0 saturated carbocycles. The molecule has 1 saturated heterocycles. The van der Waals surface area contributed by atoms with E-state index >= 15 is 0 Å². The van der Waals surface area contributed by atoms with Crippen molar-refractivity contribution in [3.8, 4) is 0 Å². The summed E-state index contributed by atoms with van der Waals surface area (Å²) in [6.07, 6.45) is 0.298. The lowest BCUT2D eigenvalue weighted by atomic mass is 9.91. The second-order valence-electron chi connectivity index (χ2n) is 4.74. The summed E-state index contributed by atoms with van der Waals surface area (Å²) in [6.45, 7) is 5.76. The summed E-state index contributed by atoms with van der Waals surface area (Å²) in [4.78, 5) is 12.1. The number of rotatable bonds is 4. The van der Waals surface area contributed by atoms with Crippen molar-refractivity contribution in [2.75, 3.05) is 19.6 Å². The lowest BCUT2D eigenvalue weighted by Gasteiger charge is -2.32. The van der Waals surface area contributed by atoms with E-state index in [9.17, 15) is 9.90 Å². The Hall–Kier alpha value is -0.810. The van der Waals surface area contributed by atoms with Crippen molar-refractivity contribution < 1.29 is 15.0 Å². The van der Waals surface area contributed by atoms with Gasteiger partial charge in [-0.25, -0.2) is 4.79 Å². The molecule has 0 aromatic rings. The molecule has 0 spiro atoms. The molecule has 0 aliphatic carbocycles. The van der Waals surface area contributed by atoms with Crippen LogP contribution in [-0.4, -0.2) is 53.0 Å².